The Balaban J connectivity index is 4.17. The second-order valence-corrected chi connectivity index (χ2v) is 19.1. The predicted molar refractivity (Wildman–Crippen MR) is 250 cm³/mol. The topological polar surface area (TPSA) is 102 Å². The first kappa shape index (κ1) is 58.3. The van der Waals surface area contributed by atoms with Crippen molar-refractivity contribution in [3.05, 3.63) is 0 Å². The Morgan fingerprint density at radius 2 is 0.733 bits per heavy atom. The number of carboxylic acids is 1. The highest BCUT2D eigenvalue weighted by atomic mass is 16.6. The summed E-state index contributed by atoms with van der Waals surface area (Å²) >= 11 is 0. The molecule has 0 amide bonds. The first-order valence-electron chi connectivity index (χ1n) is 26.1. The van der Waals surface area contributed by atoms with E-state index in [0.717, 1.165) is 38.5 Å². The molecule has 0 fully saturated rings. The maximum absolute atomic E-state index is 12.8. The van der Waals surface area contributed by atoms with Gasteiger partial charge in [0.25, 0.3) is 0 Å². The van der Waals surface area contributed by atoms with Gasteiger partial charge in [-0.25, -0.2) is 0 Å². The van der Waals surface area contributed by atoms with Crippen molar-refractivity contribution >= 4 is 17.9 Å². The summed E-state index contributed by atoms with van der Waals surface area (Å²) in [6.45, 7) is 4.73. The summed E-state index contributed by atoms with van der Waals surface area (Å²) in [5, 5.41) is 11.7. The monoisotopic (exact) mass is 852 g/mol. The van der Waals surface area contributed by atoms with Crippen molar-refractivity contribution in [1.82, 2.24) is 0 Å². The summed E-state index contributed by atoms with van der Waals surface area (Å²) < 4.78 is 17.3. The lowest BCUT2D eigenvalue weighted by Gasteiger charge is -2.34. The lowest BCUT2D eigenvalue weighted by molar-refractivity contribution is -0.889. The van der Waals surface area contributed by atoms with Gasteiger partial charge >= 0.3 is 11.9 Å². The average Bonchev–Trinajstić information content (AvgIpc) is 3.21. The minimum atomic E-state index is -1.12. The van der Waals surface area contributed by atoms with Crippen LogP contribution >= 0.6 is 0 Å². The number of likely N-dealkylation sites (N-methyl/N-ethyl adjacent to an activating group) is 1. The zero-order valence-electron chi connectivity index (χ0n) is 40.7. The van der Waals surface area contributed by atoms with Crippen molar-refractivity contribution < 1.29 is 38.2 Å². The summed E-state index contributed by atoms with van der Waals surface area (Å²) in [7, 11) is 5.43. The van der Waals surface area contributed by atoms with Crippen LogP contribution in [0.25, 0.3) is 0 Å². The third kappa shape index (κ3) is 41.7. The number of hydrogen-bond acceptors (Lipinski definition) is 7. The van der Waals surface area contributed by atoms with Crippen LogP contribution in [0.15, 0.2) is 0 Å². The lowest BCUT2D eigenvalue weighted by Crippen LogP contribution is -2.55. The normalized spacial score (nSPS) is 12.8. The molecule has 0 saturated carbocycles. The van der Waals surface area contributed by atoms with E-state index in [1.54, 1.807) is 0 Å². The molecule has 8 heteroatoms. The highest BCUT2D eigenvalue weighted by Crippen LogP contribution is 2.17. The lowest BCUT2D eigenvalue weighted by atomic mass is 10.0. The molecule has 0 heterocycles. The third-order valence-electron chi connectivity index (χ3n) is 12.2. The van der Waals surface area contributed by atoms with Crippen molar-refractivity contribution in [2.24, 2.45) is 0 Å². The van der Waals surface area contributed by atoms with Gasteiger partial charge < -0.3 is 28.6 Å². The third-order valence-corrected chi connectivity index (χ3v) is 12.2. The van der Waals surface area contributed by atoms with E-state index in [9.17, 15) is 19.5 Å². The van der Waals surface area contributed by atoms with E-state index in [2.05, 4.69) is 13.8 Å². The number of hydrogen-bond donors (Lipinski definition) is 0. The summed E-state index contributed by atoms with van der Waals surface area (Å²) in [5.41, 5.74) is 0. The van der Waals surface area contributed by atoms with Crippen LogP contribution in [0, 0.1) is 0 Å². The van der Waals surface area contributed by atoms with Gasteiger partial charge in [-0.15, -0.1) is 0 Å². The summed E-state index contributed by atoms with van der Waals surface area (Å²) in [6, 6.07) is -0.720. The van der Waals surface area contributed by atoms with E-state index in [1.807, 2.05) is 21.1 Å². The van der Waals surface area contributed by atoms with Crippen LogP contribution in [-0.2, 0) is 28.6 Å². The summed E-state index contributed by atoms with van der Waals surface area (Å²) in [5.74, 6) is -1.71. The van der Waals surface area contributed by atoms with Gasteiger partial charge in [-0.05, 0) is 12.8 Å². The molecule has 0 aliphatic heterocycles. The fourth-order valence-corrected chi connectivity index (χ4v) is 8.19. The van der Waals surface area contributed by atoms with Gasteiger partial charge in [0.1, 0.15) is 12.6 Å². The molecule has 0 aliphatic carbocycles. The minimum Gasteiger partial charge on any atom is -0.544 e. The van der Waals surface area contributed by atoms with Gasteiger partial charge in [-0.2, -0.15) is 0 Å². The Hall–Kier alpha value is -1.67. The molecule has 60 heavy (non-hydrogen) atoms. The van der Waals surface area contributed by atoms with Crippen LogP contribution in [-0.4, -0.2) is 75.5 Å². The molecule has 2 atom stereocenters. The second kappa shape index (κ2) is 44.0. The van der Waals surface area contributed by atoms with E-state index in [1.165, 1.54) is 193 Å². The number of ether oxygens (including phenoxy) is 3. The maximum Gasteiger partial charge on any atom is 0.306 e. The molecule has 0 N–H and O–H groups in total. The average molecular weight is 852 g/mol. The maximum atomic E-state index is 12.8. The molecule has 0 bridgehead atoms. The number of carbonyl (C=O) groups is 3. The van der Waals surface area contributed by atoms with Crippen LogP contribution in [0.3, 0.4) is 0 Å². The molecule has 0 saturated heterocycles. The SMILES string of the molecule is CCCCCCCCCCCCCCCCCCCCCCC(=O)OCC(COCCC(C(=O)[O-])[N+](C)(C)C)OC(=O)CCCCCCCCCCCCCCCCCC. The smallest absolute Gasteiger partial charge is 0.306 e. The number of unbranched alkanes of at least 4 members (excludes halogenated alkanes) is 34. The largest absolute Gasteiger partial charge is 0.544 e. The summed E-state index contributed by atoms with van der Waals surface area (Å²) in [6.07, 6.45) is 47.0. The van der Waals surface area contributed by atoms with Gasteiger partial charge in [0.05, 0.1) is 40.3 Å². The standard InChI is InChI=1S/C52H101NO7/c1-6-8-10-12-14-16-18-20-22-24-25-26-27-29-30-32-34-36-38-40-42-50(54)59-47-48(46-58-45-44-49(52(56)57)53(3,4)5)60-51(55)43-41-39-37-35-33-31-28-23-21-19-17-15-13-11-9-7-2/h48-49H,6-47H2,1-5H3. The molecule has 0 aliphatic rings. The number of carbonyl (C=O) groups excluding carboxylic acids is 3. The molecule has 0 radical (unpaired) electrons. The highest BCUT2D eigenvalue weighted by molar-refractivity contribution is 5.70. The molecular formula is C52H101NO7. The van der Waals surface area contributed by atoms with Crippen LogP contribution in [0.4, 0.5) is 0 Å². The number of nitrogens with zero attached hydrogens (tertiary/aromatic N) is 1. The van der Waals surface area contributed by atoms with E-state index in [4.69, 9.17) is 14.2 Å². The van der Waals surface area contributed by atoms with Crippen molar-refractivity contribution in [2.45, 2.75) is 276 Å². The first-order chi connectivity index (χ1) is 29.1. The molecule has 0 aromatic carbocycles. The molecule has 0 aromatic rings. The van der Waals surface area contributed by atoms with Gasteiger partial charge in [-0.1, -0.05) is 232 Å². The molecular weight excluding hydrogens is 751 g/mol. The fourth-order valence-electron chi connectivity index (χ4n) is 8.19. The van der Waals surface area contributed by atoms with E-state index >= 15 is 0 Å². The molecule has 2 unspecified atom stereocenters. The van der Waals surface area contributed by atoms with Gasteiger partial charge in [0, 0.05) is 19.3 Å². The Kier molecular flexibility index (Phi) is 42.7. The number of rotatable bonds is 48. The quantitative estimate of drug-likeness (QED) is 0.0341. The van der Waals surface area contributed by atoms with Crippen molar-refractivity contribution in [1.29, 1.82) is 0 Å². The van der Waals surface area contributed by atoms with Gasteiger partial charge in [0.2, 0.25) is 0 Å². The van der Waals surface area contributed by atoms with Crippen molar-refractivity contribution in [3.63, 3.8) is 0 Å². The van der Waals surface area contributed by atoms with Gasteiger partial charge in [0.15, 0.2) is 6.10 Å². The van der Waals surface area contributed by atoms with Crippen LogP contribution in [0.2, 0.25) is 0 Å². The van der Waals surface area contributed by atoms with Crippen molar-refractivity contribution in [3.8, 4) is 0 Å². The van der Waals surface area contributed by atoms with Crippen molar-refractivity contribution in [2.75, 3.05) is 41.0 Å². The molecule has 0 aromatic heterocycles. The highest BCUT2D eigenvalue weighted by Gasteiger charge is 2.25. The second-order valence-electron chi connectivity index (χ2n) is 19.1. The Morgan fingerprint density at radius 3 is 1.03 bits per heavy atom. The number of quaternary nitrogens is 1. The van der Waals surface area contributed by atoms with Gasteiger partial charge in [-0.3, -0.25) is 9.59 Å². The van der Waals surface area contributed by atoms with Crippen LogP contribution < -0.4 is 5.11 Å². The minimum absolute atomic E-state index is 0.0498. The molecule has 8 nitrogen and oxygen atoms in total. The first-order valence-corrected chi connectivity index (χ1v) is 26.1. The molecule has 0 spiro atoms. The number of carboxylic acid groups (broad SMARTS) is 1. The number of esters is 2. The van der Waals surface area contributed by atoms with E-state index in [0.29, 0.717) is 12.8 Å². The Morgan fingerprint density at radius 1 is 0.433 bits per heavy atom. The predicted octanol–water partition coefficient (Wildman–Crippen LogP) is 13.5. The Bertz CT molecular complexity index is 951. The molecule has 356 valence electrons. The fraction of sp³-hybridized carbons (Fsp3) is 0.942. The number of aliphatic carboxylic acids is 1. The summed E-state index contributed by atoms with van der Waals surface area (Å²) in [4.78, 5) is 37.0. The van der Waals surface area contributed by atoms with E-state index < -0.39 is 18.1 Å². The zero-order chi connectivity index (χ0) is 44.2. The van der Waals surface area contributed by atoms with Crippen LogP contribution in [0.5, 0.6) is 0 Å². The Labute approximate surface area is 372 Å². The molecule has 0 rings (SSSR count). The zero-order valence-corrected chi connectivity index (χ0v) is 40.7. The van der Waals surface area contributed by atoms with E-state index in [-0.39, 0.29) is 42.7 Å². The van der Waals surface area contributed by atoms with Crippen LogP contribution in [0.1, 0.15) is 264 Å².